The summed E-state index contributed by atoms with van der Waals surface area (Å²) in [4.78, 5) is 71.5. The van der Waals surface area contributed by atoms with Crippen molar-refractivity contribution in [3.8, 4) is 0 Å². The Kier molecular flexibility index (Phi) is 12.7. The zero-order valence-electron chi connectivity index (χ0n) is 26.5. The molecule has 0 bridgehead atoms. The largest absolute Gasteiger partial charge is 0.452 e. The lowest BCUT2D eigenvalue weighted by atomic mass is 9.82. The normalized spacial score (nSPS) is 19.7. The van der Waals surface area contributed by atoms with Gasteiger partial charge in [-0.3, -0.25) is 24.2 Å². The van der Waals surface area contributed by atoms with E-state index in [0.29, 0.717) is 31.7 Å². The molecule has 0 unspecified atom stereocenters. The number of ether oxygens (including phenoxy) is 1. The molecule has 238 valence electrons. The van der Waals surface area contributed by atoms with Crippen LogP contribution in [0, 0.1) is 17.3 Å². The van der Waals surface area contributed by atoms with Crippen LogP contribution in [0.4, 0.5) is 0 Å². The number of likely N-dealkylation sites (tertiary alicyclic amines) is 1. The van der Waals surface area contributed by atoms with Gasteiger partial charge in [-0.1, -0.05) is 73.1 Å². The van der Waals surface area contributed by atoms with Gasteiger partial charge in [0.05, 0.1) is 0 Å². The summed E-state index contributed by atoms with van der Waals surface area (Å²) < 4.78 is 5.62. The van der Waals surface area contributed by atoms with E-state index in [4.69, 9.17) is 4.74 Å². The summed E-state index contributed by atoms with van der Waals surface area (Å²) in [6.07, 6.45) is 10.4. The van der Waals surface area contributed by atoms with E-state index in [2.05, 4.69) is 15.6 Å². The Bertz CT molecular complexity index is 1110. The SMILES string of the molecule is CCC[C@@H](OC(=O)[C@@H]1CCCN1C(=O)[C@@H](NC(=O)[C@H](C)CC1CCCCC1)C(C)(C)C)C(=O)C(=O)NCc1ccncc1. The van der Waals surface area contributed by atoms with Gasteiger partial charge in [0.2, 0.25) is 11.8 Å². The number of Topliss-reactive ketones (excluding diaryl/α,β-unsaturated/α-hetero) is 1. The Labute approximate surface area is 256 Å². The molecular weight excluding hydrogens is 548 g/mol. The van der Waals surface area contributed by atoms with Gasteiger partial charge in [0.25, 0.3) is 11.7 Å². The molecule has 1 aliphatic heterocycles. The van der Waals surface area contributed by atoms with Crippen LogP contribution in [0.25, 0.3) is 0 Å². The third kappa shape index (κ3) is 9.86. The quantitative estimate of drug-likeness (QED) is 0.258. The first kappa shape index (κ1) is 34.2. The second-order valence-corrected chi connectivity index (χ2v) is 13.3. The Hall–Kier alpha value is -3.30. The van der Waals surface area contributed by atoms with Crippen molar-refractivity contribution in [2.45, 2.75) is 124 Å². The third-order valence-corrected chi connectivity index (χ3v) is 8.59. The summed E-state index contributed by atoms with van der Waals surface area (Å²) in [6.45, 7) is 9.92. The standard InChI is InChI=1S/C33H50N4O6/c1-6-11-26(27(38)30(40)35-21-24-15-17-34-18-16-24)43-32(42)25-14-10-19-37(25)31(41)28(33(3,4)5)36-29(39)22(2)20-23-12-8-7-9-13-23/h15-18,22-23,25-26,28H,6-14,19-21H2,1-5H3,(H,35,40)(H,36,39)/t22-,25+,26-,28-/m1/s1. The highest BCUT2D eigenvalue weighted by atomic mass is 16.5. The number of pyridine rings is 1. The lowest BCUT2D eigenvalue weighted by molar-refractivity contribution is -0.164. The molecule has 1 aromatic heterocycles. The zero-order chi connectivity index (χ0) is 31.6. The van der Waals surface area contributed by atoms with Gasteiger partial charge in [-0.15, -0.1) is 0 Å². The minimum atomic E-state index is -1.24. The monoisotopic (exact) mass is 598 g/mol. The number of nitrogens with one attached hydrogen (secondary N) is 2. The molecule has 3 rings (SSSR count). The Balaban J connectivity index is 1.64. The van der Waals surface area contributed by atoms with E-state index in [1.54, 1.807) is 24.5 Å². The number of ketones is 1. The summed E-state index contributed by atoms with van der Waals surface area (Å²) in [7, 11) is 0. The van der Waals surface area contributed by atoms with E-state index in [1.807, 2.05) is 34.6 Å². The van der Waals surface area contributed by atoms with Crippen molar-refractivity contribution in [2.24, 2.45) is 17.3 Å². The molecule has 0 spiro atoms. The molecule has 2 fully saturated rings. The molecule has 1 saturated heterocycles. The molecule has 1 aromatic rings. The van der Waals surface area contributed by atoms with Gasteiger partial charge >= 0.3 is 5.97 Å². The first-order valence-corrected chi connectivity index (χ1v) is 15.9. The smallest absolute Gasteiger partial charge is 0.329 e. The lowest BCUT2D eigenvalue weighted by Gasteiger charge is -2.36. The highest BCUT2D eigenvalue weighted by Gasteiger charge is 2.44. The second-order valence-electron chi connectivity index (χ2n) is 13.3. The van der Waals surface area contributed by atoms with Crippen molar-refractivity contribution < 1.29 is 28.7 Å². The Morgan fingerprint density at radius 3 is 2.33 bits per heavy atom. The Morgan fingerprint density at radius 1 is 1.02 bits per heavy atom. The minimum Gasteiger partial charge on any atom is -0.452 e. The van der Waals surface area contributed by atoms with Crippen molar-refractivity contribution in [3.63, 3.8) is 0 Å². The molecule has 43 heavy (non-hydrogen) atoms. The molecule has 3 amide bonds. The van der Waals surface area contributed by atoms with E-state index in [9.17, 15) is 24.0 Å². The van der Waals surface area contributed by atoms with Crippen LogP contribution in [0.1, 0.15) is 104 Å². The average Bonchev–Trinajstić information content (AvgIpc) is 3.48. The molecule has 2 N–H and O–H groups in total. The highest BCUT2D eigenvalue weighted by molar-refractivity contribution is 6.38. The van der Waals surface area contributed by atoms with Crippen LogP contribution < -0.4 is 10.6 Å². The lowest BCUT2D eigenvalue weighted by Crippen LogP contribution is -2.57. The third-order valence-electron chi connectivity index (χ3n) is 8.59. The fourth-order valence-electron chi connectivity index (χ4n) is 6.05. The summed E-state index contributed by atoms with van der Waals surface area (Å²) >= 11 is 0. The fourth-order valence-corrected chi connectivity index (χ4v) is 6.05. The highest BCUT2D eigenvalue weighted by Crippen LogP contribution is 2.30. The minimum absolute atomic E-state index is 0.143. The predicted molar refractivity (Wildman–Crippen MR) is 162 cm³/mol. The molecule has 1 aliphatic carbocycles. The maximum absolute atomic E-state index is 13.9. The van der Waals surface area contributed by atoms with Crippen LogP contribution in [0.2, 0.25) is 0 Å². The number of nitrogens with zero attached hydrogens (tertiary/aromatic N) is 2. The van der Waals surface area contributed by atoms with Crippen LogP contribution >= 0.6 is 0 Å². The second kappa shape index (κ2) is 16.0. The Morgan fingerprint density at radius 2 is 1.70 bits per heavy atom. The van der Waals surface area contributed by atoms with Gasteiger partial charge in [0.1, 0.15) is 12.1 Å². The van der Waals surface area contributed by atoms with E-state index in [-0.39, 0.29) is 30.7 Å². The fraction of sp³-hybridized carbons (Fsp3) is 0.697. The van der Waals surface area contributed by atoms with Crippen molar-refractivity contribution in [2.75, 3.05) is 6.54 Å². The molecule has 0 radical (unpaired) electrons. The summed E-state index contributed by atoms with van der Waals surface area (Å²) in [5.41, 5.74) is 0.186. The van der Waals surface area contributed by atoms with Gasteiger partial charge < -0.3 is 20.3 Å². The number of amides is 3. The van der Waals surface area contributed by atoms with Crippen LogP contribution in [-0.2, 0) is 35.3 Å². The number of esters is 1. The molecule has 10 nitrogen and oxygen atoms in total. The van der Waals surface area contributed by atoms with Gasteiger partial charge in [0, 0.05) is 31.4 Å². The van der Waals surface area contributed by atoms with E-state index < -0.39 is 41.3 Å². The molecule has 1 saturated carbocycles. The number of carbonyl (C=O) groups excluding carboxylic acids is 5. The molecule has 2 heterocycles. The van der Waals surface area contributed by atoms with Crippen molar-refractivity contribution in [1.29, 1.82) is 0 Å². The van der Waals surface area contributed by atoms with Crippen LogP contribution in [0.5, 0.6) is 0 Å². The number of hydrogen-bond donors (Lipinski definition) is 2. The van der Waals surface area contributed by atoms with Gasteiger partial charge in [-0.2, -0.15) is 0 Å². The summed E-state index contributed by atoms with van der Waals surface area (Å²) in [5, 5.41) is 5.59. The van der Waals surface area contributed by atoms with Crippen LogP contribution in [0.3, 0.4) is 0 Å². The van der Waals surface area contributed by atoms with E-state index >= 15 is 0 Å². The van der Waals surface area contributed by atoms with E-state index in [0.717, 1.165) is 24.8 Å². The van der Waals surface area contributed by atoms with Crippen molar-refractivity contribution >= 4 is 29.5 Å². The molecule has 10 heteroatoms. The summed E-state index contributed by atoms with van der Waals surface area (Å²) in [6, 6.07) is 1.74. The predicted octanol–water partition coefficient (Wildman–Crippen LogP) is 4.11. The van der Waals surface area contributed by atoms with Crippen LogP contribution in [0.15, 0.2) is 24.5 Å². The molecule has 2 aliphatic rings. The number of aromatic nitrogens is 1. The topological polar surface area (TPSA) is 135 Å². The maximum atomic E-state index is 13.9. The first-order valence-electron chi connectivity index (χ1n) is 15.9. The van der Waals surface area contributed by atoms with Gasteiger partial charge in [-0.05, 0) is 54.7 Å². The zero-order valence-corrected chi connectivity index (χ0v) is 26.5. The number of carbonyl (C=O) groups is 5. The van der Waals surface area contributed by atoms with Gasteiger partial charge in [-0.25, -0.2) is 4.79 Å². The number of rotatable bonds is 13. The van der Waals surface area contributed by atoms with Crippen LogP contribution in [-0.4, -0.2) is 64.1 Å². The molecule has 0 aromatic carbocycles. The molecular formula is C33H50N4O6. The van der Waals surface area contributed by atoms with E-state index in [1.165, 1.54) is 24.2 Å². The number of hydrogen-bond acceptors (Lipinski definition) is 7. The maximum Gasteiger partial charge on any atom is 0.329 e. The van der Waals surface area contributed by atoms with Crippen molar-refractivity contribution in [1.82, 2.24) is 20.5 Å². The van der Waals surface area contributed by atoms with Gasteiger partial charge in [0.15, 0.2) is 6.10 Å². The molecule has 4 atom stereocenters. The first-order chi connectivity index (χ1) is 20.4. The average molecular weight is 599 g/mol. The van der Waals surface area contributed by atoms with Crippen molar-refractivity contribution in [3.05, 3.63) is 30.1 Å². The summed E-state index contributed by atoms with van der Waals surface area (Å²) in [5.74, 6) is -2.53.